The maximum atomic E-state index is 4.56. The number of anilines is 1. The van der Waals surface area contributed by atoms with Crippen LogP contribution in [0.3, 0.4) is 0 Å². The van der Waals surface area contributed by atoms with Crippen molar-refractivity contribution in [3.63, 3.8) is 0 Å². The Morgan fingerprint density at radius 2 is 1.68 bits per heavy atom. The number of hydrazone groups is 1. The summed E-state index contributed by atoms with van der Waals surface area (Å²) >= 11 is 0. The molecule has 0 unspecified atom stereocenters. The van der Waals surface area contributed by atoms with Crippen molar-refractivity contribution in [1.82, 2.24) is 9.97 Å². The third-order valence-corrected chi connectivity index (χ3v) is 3.93. The smallest absolute Gasteiger partial charge is 0.150 e. The molecule has 0 saturated heterocycles. The summed E-state index contributed by atoms with van der Waals surface area (Å²) in [6.45, 7) is 6.07. The molecule has 0 aliphatic heterocycles. The Bertz CT molecular complexity index is 868. The van der Waals surface area contributed by atoms with Gasteiger partial charge in [0.05, 0.1) is 11.4 Å². The van der Waals surface area contributed by atoms with E-state index in [-0.39, 0.29) is 0 Å². The predicted molar refractivity (Wildman–Crippen MR) is 104 cm³/mol. The largest absolute Gasteiger partial charge is 0.261 e. The maximum absolute atomic E-state index is 4.56. The molecule has 25 heavy (non-hydrogen) atoms. The standard InChI is InChI=1S/C21H22N4/c1-4-19(18-12-10-15(2)11-13-18)24-25-21-14-20(22-16(3)23-21)17-8-6-5-7-9-17/h5-14H,4H2,1-3H3,(H,22,23,25)/b24-19-. The summed E-state index contributed by atoms with van der Waals surface area (Å²) < 4.78 is 0. The van der Waals surface area contributed by atoms with E-state index >= 15 is 0 Å². The fraction of sp³-hybridized carbons (Fsp3) is 0.190. The van der Waals surface area contributed by atoms with Crippen LogP contribution in [-0.2, 0) is 0 Å². The van der Waals surface area contributed by atoms with Crippen LogP contribution in [0.15, 0.2) is 65.8 Å². The summed E-state index contributed by atoms with van der Waals surface area (Å²) in [5.74, 6) is 1.41. The van der Waals surface area contributed by atoms with Crippen molar-refractivity contribution in [3.05, 3.63) is 77.6 Å². The summed E-state index contributed by atoms with van der Waals surface area (Å²) in [5.41, 5.74) is 8.41. The van der Waals surface area contributed by atoms with Gasteiger partial charge in [0.2, 0.25) is 0 Å². The second-order valence-corrected chi connectivity index (χ2v) is 5.94. The average Bonchev–Trinajstić information content (AvgIpc) is 2.64. The van der Waals surface area contributed by atoms with E-state index < -0.39 is 0 Å². The number of nitrogens with one attached hydrogen (secondary N) is 1. The van der Waals surface area contributed by atoms with Crippen LogP contribution in [0.25, 0.3) is 11.3 Å². The van der Waals surface area contributed by atoms with E-state index in [2.05, 4.69) is 58.6 Å². The Hall–Kier alpha value is -3.01. The van der Waals surface area contributed by atoms with Crippen LogP contribution in [0, 0.1) is 13.8 Å². The van der Waals surface area contributed by atoms with Gasteiger partial charge in [-0.3, -0.25) is 5.43 Å². The van der Waals surface area contributed by atoms with Crippen LogP contribution in [0.2, 0.25) is 0 Å². The Labute approximate surface area is 148 Å². The van der Waals surface area contributed by atoms with E-state index in [1.54, 1.807) is 0 Å². The van der Waals surface area contributed by atoms with Gasteiger partial charge in [0.25, 0.3) is 0 Å². The van der Waals surface area contributed by atoms with Gasteiger partial charge in [-0.2, -0.15) is 5.10 Å². The van der Waals surface area contributed by atoms with E-state index in [1.165, 1.54) is 5.56 Å². The van der Waals surface area contributed by atoms with Crippen molar-refractivity contribution < 1.29 is 0 Å². The SMILES string of the molecule is CC/C(=N/Nc1cc(-c2ccccc2)nc(C)n1)c1ccc(C)cc1. The molecule has 126 valence electrons. The zero-order valence-corrected chi connectivity index (χ0v) is 14.8. The minimum Gasteiger partial charge on any atom is -0.261 e. The highest BCUT2D eigenvalue weighted by atomic mass is 15.3. The highest BCUT2D eigenvalue weighted by Crippen LogP contribution is 2.19. The molecule has 0 aliphatic rings. The topological polar surface area (TPSA) is 50.2 Å². The van der Waals surface area contributed by atoms with E-state index in [0.717, 1.165) is 29.0 Å². The molecule has 3 aromatic rings. The van der Waals surface area contributed by atoms with Gasteiger partial charge in [-0.25, -0.2) is 9.97 Å². The molecule has 0 spiro atoms. The molecule has 0 radical (unpaired) electrons. The van der Waals surface area contributed by atoms with Crippen LogP contribution < -0.4 is 5.43 Å². The first-order valence-corrected chi connectivity index (χ1v) is 8.46. The minimum absolute atomic E-state index is 0.699. The first kappa shape index (κ1) is 16.8. The molecule has 0 amide bonds. The summed E-state index contributed by atoms with van der Waals surface area (Å²) in [6.07, 6.45) is 0.839. The second-order valence-electron chi connectivity index (χ2n) is 5.94. The number of rotatable bonds is 5. The van der Waals surface area contributed by atoms with Crippen LogP contribution in [-0.4, -0.2) is 15.7 Å². The second kappa shape index (κ2) is 7.71. The van der Waals surface area contributed by atoms with Crippen molar-refractivity contribution in [3.8, 4) is 11.3 Å². The quantitative estimate of drug-likeness (QED) is 0.530. The first-order valence-electron chi connectivity index (χ1n) is 8.46. The van der Waals surface area contributed by atoms with E-state index in [9.17, 15) is 0 Å². The highest BCUT2D eigenvalue weighted by Gasteiger charge is 2.05. The van der Waals surface area contributed by atoms with E-state index in [1.807, 2.05) is 43.3 Å². The molecule has 0 aliphatic carbocycles. The number of aromatic nitrogens is 2. The van der Waals surface area contributed by atoms with Crippen molar-refractivity contribution in [2.24, 2.45) is 5.10 Å². The van der Waals surface area contributed by atoms with Gasteiger partial charge < -0.3 is 0 Å². The Balaban J connectivity index is 1.87. The van der Waals surface area contributed by atoms with Crippen LogP contribution in [0.4, 0.5) is 5.82 Å². The lowest BCUT2D eigenvalue weighted by molar-refractivity contribution is 1.04. The highest BCUT2D eigenvalue weighted by molar-refractivity contribution is 6.00. The van der Waals surface area contributed by atoms with Gasteiger partial charge in [0.1, 0.15) is 11.6 Å². The van der Waals surface area contributed by atoms with Gasteiger partial charge >= 0.3 is 0 Å². The molecular weight excluding hydrogens is 308 g/mol. The molecule has 0 atom stereocenters. The van der Waals surface area contributed by atoms with Gasteiger partial charge in [-0.15, -0.1) is 0 Å². The van der Waals surface area contributed by atoms with Crippen molar-refractivity contribution in [2.75, 3.05) is 5.43 Å². The molecule has 2 aromatic carbocycles. The van der Waals surface area contributed by atoms with Crippen molar-refractivity contribution in [2.45, 2.75) is 27.2 Å². The molecule has 0 fully saturated rings. The molecule has 4 heteroatoms. The number of hydrogen-bond donors (Lipinski definition) is 1. The van der Waals surface area contributed by atoms with Gasteiger partial charge in [-0.1, -0.05) is 67.1 Å². The lowest BCUT2D eigenvalue weighted by Gasteiger charge is -2.08. The molecule has 1 aromatic heterocycles. The van der Waals surface area contributed by atoms with Crippen molar-refractivity contribution >= 4 is 11.5 Å². The molecule has 4 nitrogen and oxygen atoms in total. The summed E-state index contributed by atoms with van der Waals surface area (Å²) in [7, 11) is 0. The molecule has 1 heterocycles. The molecule has 1 N–H and O–H groups in total. The van der Waals surface area contributed by atoms with Crippen LogP contribution in [0.1, 0.15) is 30.3 Å². The van der Waals surface area contributed by atoms with Crippen molar-refractivity contribution in [1.29, 1.82) is 0 Å². The minimum atomic E-state index is 0.699. The van der Waals surface area contributed by atoms with Crippen LogP contribution in [0.5, 0.6) is 0 Å². The number of benzene rings is 2. The zero-order chi connectivity index (χ0) is 17.6. The van der Waals surface area contributed by atoms with Gasteiger partial charge in [-0.05, 0) is 25.8 Å². The Morgan fingerprint density at radius 3 is 2.36 bits per heavy atom. The summed E-state index contributed by atoms with van der Waals surface area (Å²) in [5, 5.41) is 4.56. The maximum Gasteiger partial charge on any atom is 0.150 e. The number of nitrogens with zero attached hydrogens (tertiary/aromatic N) is 3. The van der Waals surface area contributed by atoms with Gasteiger partial charge in [0, 0.05) is 11.6 Å². The third-order valence-electron chi connectivity index (χ3n) is 3.93. The number of hydrogen-bond acceptors (Lipinski definition) is 4. The molecule has 0 saturated carbocycles. The first-order chi connectivity index (χ1) is 12.2. The monoisotopic (exact) mass is 330 g/mol. The molecule has 0 bridgehead atoms. The van der Waals surface area contributed by atoms with Crippen LogP contribution >= 0.6 is 0 Å². The normalized spacial score (nSPS) is 11.4. The van der Waals surface area contributed by atoms with E-state index in [4.69, 9.17) is 0 Å². The number of aryl methyl sites for hydroxylation is 2. The molecule has 3 rings (SSSR count). The summed E-state index contributed by atoms with van der Waals surface area (Å²) in [4.78, 5) is 8.96. The van der Waals surface area contributed by atoms with E-state index in [0.29, 0.717) is 11.6 Å². The molecular formula is C21H22N4. The fourth-order valence-electron chi connectivity index (χ4n) is 2.60. The lowest BCUT2D eigenvalue weighted by Crippen LogP contribution is -2.05. The Morgan fingerprint density at radius 1 is 0.960 bits per heavy atom. The zero-order valence-electron chi connectivity index (χ0n) is 14.8. The average molecular weight is 330 g/mol. The Kier molecular flexibility index (Phi) is 5.19. The lowest BCUT2D eigenvalue weighted by atomic mass is 10.1. The third kappa shape index (κ3) is 4.29. The van der Waals surface area contributed by atoms with Gasteiger partial charge in [0.15, 0.2) is 0 Å². The summed E-state index contributed by atoms with van der Waals surface area (Å²) in [6, 6.07) is 20.4. The fourth-order valence-corrected chi connectivity index (χ4v) is 2.60. The predicted octanol–water partition coefficient (Wildman–Crippen LogP) is 4.99.